The van der Waals surface area contributed by atoms with Crippen LogP contribution in [0.2, 0.25) is 0 Å². The number of hydrogen-bond donors (Lipinski definition) is 2. The largest absolute Gasteiger partial charge is 0.387 e. The Bertz CT molecular complexity index is 915. The molecular weight excluding hydrogens is 404 g/mol. The lowest BCUT2D eigenvalue weighted by atomic mass is 9.94. The first-order valence-electron chi connectivity index (χ1n) is 11.3. The fourth-order valence-corrected chi connectivity index (χ4v) is 5.61. The lowest BCUT2D eigenvalue weighted by Crippen LogP contribution is -2.57. The molecule has 0 bridgehead atoms. The van der Waals surface area contributed by atoms with E-state index >= 15 is 0 Å². The summed E-state index contributed by atoms with van der Waals surface area (Å²) in [7, 11) is 0. The van der Waals surface area contributed by atoms with Crippen molar-refractivity contribution in [2.45, 2.75) is 49.3 Å². The Hall–Kier alpha value is -1.92. The highest BCUT2D eigenvalue weighted by Crippen LogP contribution is 2.33. The van der Waals surface area contributed by atoms with Crippen LogP contribution in [0.1, 0.15) is 42.6 Å². The molecule has 2 aliphatic heterocycles. The van der Waals surface area contributed by atoms with Crippen LogP contribution in [0.25, 0.3) is 6.08 Å². The van der Waals surface area contributed by atoms with E-state index in [0.29, 0.717) is 6.54 Å². The van der Waals surface area contributed by atoms with Crippen LogP contribution in [0, 0.1) is 0 Å². The highest BCUT2D eigenvalue weighted by Gasteiger charge is 2.32. The normalized spacial score (nSPS) is 21.5. The minimum Gasteiger partial charge on any atom is -0.387 e. The van der Waals surface area contributed by atoms with Crippen molar-refractivity contribution in [1.82, 2.24) is 10.2 Å². The van der Waals surface area contributed by atoms with Gasteiger partial charge in [-0.05, 0) is 53.8 Å². The van der Waals surface area contributed by atoms with Crippen molar-refractivity contribution in [2.75, 3.05) is 25.4 Å². The zero-order chi connectivity index (χ0) is 21.6. The Balaban J connectivity index is 1.43. The number of rotatable bonds is 7. The minimum atomic E-state index is -0.545. The number of hydrogen-bond acceptors (Lipinski definition) is 5. The Morgan fingerprint density at radius 2 is 2.13 bits per heavy atom. The van der Waals surface area contributed by atoms with Gasteiger partial charge in [0.05, 0.1) is 12.1 Å². The van der Waals surface area contributed by atoms with E-state index in [0.717, 1.165) is 37.1 Å². The summed E-state index contributed by atoms with van der Waals surface area (Å²) < 4.78 is 0. The number of fused-ring (bicyclic) bond motifs is 1. The molecule has 0 saturated carbocycles. The van der Waals surface area contributed by atoms with Crippen LogP contribution < -0.4 is 5.32 Å². The summed E-state index contributed by atoms with van der Waals surface area (Å²) in [5.41, 5.74) is 3.39. The van der Waals surface area contributed by atoms with Crippen molar-refractivity contribution in [2.24, 2.45) is 0 Å². The van der Waals surface area contributed by atoms with Gasteiger partial charge in [0.15, 0.2) is 5.78 Å². The molecule has 2 aromatic carbocycles. The highest BCUT2D eigenvalue weighted by molar-refractivity contribution is 7.99. The molecule has 3 unspecified atom stereocenters. The van der Waals surface area contributed by atoms with Gasteiger partial charge < -0.3 is 10.4 Å². The molecule has 31 heavy (non-hydrogen) atoms. The molecule has 4 nitrogen and oxygen atoms in total. The molecule has 0 amide bonds. The predicted octanol–water partition coefficient (Wildman–Crippen LogP) is 4.09. The Kier molecular flexibility index (Phi) is 7.62. The number of piperazine rings is 1. The molecule has 2 aliphatic rings. The number of aryl methyl sites for hydroxylation is 1. The number of carbonyl (C=O) groups is 1. The van der Waals surface area contributed by atoms with Crippen LogP contribution in [-0.2, 0) is 11.2 Å². The van der Waals surface area contributed by atoms with Crippen LogP contribution in [0.5, 0.6) is 0 Å². The molecule has 2 aromatic rings. The lowest BCUT2D eigenvalue weighted by molar-refractivity contribution is -0.118. The topological polar surface area (TPSA) is 52.6 Å². The second-order valence-electron chi connectivity index (χ2n) is 8.39. The van der Waals surface area contributed by atoms with E-state index < -0.39 is 6.10 Å². The van der Waals surface area contributed by atoms with Crippen LogP contribution in [-0.4, -0.2) is 53.3 Å². The Morgan fingerprint density at radius 1 is 1.29 bits per heavy atom. The van der Waals surface area contributed by atoms with Gasteiger partial charge in [-0.1, -0.05) is 55.5 Å². The van der Waals surface area contributed by atoms with E-state index in [1.54, 1.807) is 6.08 Å². The van der Waals surface area contributed by atoms with Crippen LogP contribution in [0.15, 0.2) is 59.5 Å². The average molecular weight is 437 g/mol. The molecule has 164 valence electrons. The van der Waals surface area contributed by atoms with E-state index in [1.807, 2.05) is 48.2 Å². The van der Waals surface area contributed by atoms with Gasteiger partial charge in [0, 0.05) is 30.6 Å². The highest BCUT2D eigenvalue weighted by atomic mass is 32.2. The van der Waals surface area contributed by atoms with Crippen molar-refractivity contribution in [1.29, 1.82) is 0 Å². The lowest BCUT2D eigenvalue weighted by Gasteiger charge is -2.40. The Labute approximate surface area is 189 Å². The van der Waals surface area contributed by atoms with Gasteiger partial charge in [-0.25, -0.2) is 0 Å². The number of aliphatic hydroxyl groups excluding tert-OH is 1. The second-order valence-corrected chi connectivity index (χ2v) is 9.52. The van der Waals surface area contributed by atoms with E-state index in [-0.39, 0.29) is 17.9 Å². The monoisotopic (exact) mass is 436 g/mol. The molecule has 2 heterocycles. The minimum absolute atomic E-state index is 0.00444. The van der Waals surface area contributed by atoms with E-state index in [1.165, 1.54) is 22.6 Å². The molecule has 0 radical (unpaired) electrons. The summed E-state index contributed by atoms with van der Waals surface area (Å²) in [6.45, 7) is 4.33. The number of thioether (sulfide) groups is 1. The first-order chi connectivity index (χ1) is 15.2. The third-order valence-electron chi connectivity index (χ3n) is 6.32. The van der Waals surface area contributed by atoms with Crippen LogP contribution in [0.3, 0.4) is 0 Å². The first kappa shape index (κ1) is 22.3. The summed E-state index contributed by atoms with van der Waals surface area (Å²) in [4.78, 5) is 16.4. The maximum absolute atomic E-state index is 12.8. The third-order valence-corrected chi connectivity index (χ3v) is 7.52. The third kappa shape index (κ3) is 5.47. The molecular formula is C26H32N2O2S. The van der Waals surface area contributed by atoms with Gasteiger partial charge in [-0.15, -0.1) is 11.8 Å². The summed E-state index contributed by atoms with van der Waals surface area (Å²) in [6, 6.07) is 16.1. The Morgan fingerprint density at radius 3 is 2.94 bits per heavy atom. The number of aliphatic hydroxyl groups is 1. The summed E-state index contributed by atoms with van der Waals surface area (Å²) >= 11 is 1.91. The molecule has 2 N–H and O–H groups in total. The van der Waals surface area contributed by atoms with Crippen molar-refractivity contribution in [3.8, 4) is 0 Å². The van der Waals surface area contributed by atoms with Crippen LogP contribution in [0.4, 0.5) is 0 Å². The predicted molar refractivity (Wildman–Crippen MR) is 128 cm³/mol. The summed E-state index contributed by atoms with van der Waals surface area (Å²) in [6.07, 6.45) is 6.14. The van der Waals surface area contributed by atoms with Crippen molar-refractivity contribution in [3.05, 3.63) is 71.3 Å². The first-order valence-corrected chi connectivity index (χ1v) is 12.3. The zero-order valence-electron chi connectivity index (χ0n) is 18.2. The van der Waals surface area contributed by atoms with Crippen molar-refractivity contribution < 1.29 is 9.90 Å². The maximum atomic E-state index is 12.8. The smallest absolute Gasteiger partial charge is 0.173 e. The number of carbonyl (C=O) groups excluding carboxylic acids is 1. The number of nitrogens with one attached hydrogen (secondary N) is 1. The van der Waals surface area contributed by atoms with E-state index in [9.17, 15) is 9.90 Å². The molecule has 1 saturated heterocycles. The van der Waals surface area contributed by atoms with Crippen molar-refractivity contribution >= 4 is 23.6 Å². The number of benzene rings is 2. The standard InChI is InChI=1S/C26H32N2O2S/c1-2-23(26(30)21-11-13-25-20(17-21)9-6-16-31-25)28-15-14-27-22(18-28)24(29)12-10-19-7-4-3-5-8-19/h3-5,7-8,10-13,17,22-23,26-27,30H,2,6,9,14-16,18H2,1H3. The molecule has 1 fully saturated rings. The van der Waals surface area contributed by atoms with Crippen LogP contribution >= 0.6 is 11.8 Å². The maximum Gasteiger partial charge on any atom is 0.173 e. The summed E-state index contributed by atoms with van der Waals surface area (Å²) in [5.74, 6) is 1.27. The van der Waals surface area contributed by atoms with Gasteiger partial charge in [0.1, 0.15) is 0 Å². The van der Waals surface area contributed by atoms with E-state index in [4.69, 9.17) is 0 Å². The van der Waals surface area contributed by atoms with Gasteiger partial charge in [-0.3, -0.25) is 9.69 Å². The molecule has 0 aliphatic carbocycles. The van der Waals surface area contributed by atoms with Gasteiger partial charge in [0.2, 0.25) is 0 Å². The summed E-state index contributed by atoms with van der Waals surface area (Å²) in [5, 5.41) is 14.6. The average Bonchev–Trinajstić information content (AvgIpc) is 2.83. The SMILES string of the molecule is CCC(C(O)c1ccc2c(c1)CCCS2)N1CCNC(C(=O)C=Cc2ccccc2)C1. The van der Waals surface area contributed by atoms with E-state index in [2.05, 4.69) is 35.3 Å². The second kappa shape index (κ2) is 10.6. The van der Waals surface area contributed by atoms with Crippen molar-refractivity contribution in [3.63, 3.8) is 0 Å². The quantitative estimate of drug-likeness (QED) is 0.640. The zero-order valence-corrected chi connectivity index (χ0v) is 19.0. The van der Waals surface area contributed by atoms with Gasteiger partial charge in [-0.2, -0.15) is 0 Å². The van der Waals surface area contributed by atoms with Gasteiger partial charge >= 0.3 is 0 Å². The molecule has 0 spiro atoms. The molecule has 5 heteroatoms. The number of nitrogens with zero attached hydrogens (tertiary/aromatic N) is 1. The molecule has 4 rings (SSSR count). The fraction of sp³-hybridized carbons (Fsp3) is 0.423. The molecule has 0 aromatic heterocycles. The number of ketones is 1. The fourth-order valence-electron chi connectivity index (χ4n) is 4.59. The van der Waals surface area contributed by atoms with Gasteiger partial charge in [0.25, 0.3) is 0 Å². The molecule has 3 atom stereocenters.